The van der Waals surface area contributed by atoms with Crippen molar-refractivity contribution in [2.24, 2.45) is 0 Å². The van der Waals surface area contributed by atoms with Gasteiger partial charge in [0.1, 0.15) is 52.2 Å². The Hall–Kier alpha value is -11.6. The maximum absolute atomic E-state index is 13.8. The highest BCUT2D eigenvalue weighted by atomic mass is 19.2. The van der Waals surface area contributed by atoms with Crippen molar-refractivity contribution in [2.45, 2.75) is 122 Å². The fraction of sp³-hybridized carbons (Fsp3) is 0.260. The van der Waals surface area contributed by atoms with Gasteiger partial charge in [-0.15, -0.1) is 0 Å². The molecule has 19 nitrogen and oxygen atoms in total. The normalized spacial score (nSPS) is 12.1. The molecule has 12 rings (SSSR count). The average molecular weight is 1400 g/mol. The molecule has 5 aromatic carbocycles. The molecule has 0 saturated heterocycles. The van der Waals surface area contributed by atoms with Crippen LogP contribution in [0.15, 0.2) is 237 Å². The summed E-state index contributed by atoms with van der Waals surface area (Å²) in [7, 11) is 0. The van der Waals surface area contributed by atoms with Gasteiger partial charge >= 0.3 is 0 Å². The van der Waals surface area contributed by atoms with Crippen LogP contribution in [-0.2, 0) is 96.2 Å². The number of hydrogen-bond donors (Lipinski definition) is 0. The molecule has 0 aliphatic rings. The first kappa shape index (κ1) is 74.6. The van der Waals surface area contributed by atoms with Crippen molar-refractivity contribution in [1.82, 2.24) is 36.0 Å². The van der Waals surface area contributed by atoms with Crippen LogP contribution in [0.25, 0.3) is 0 Å². The van der Waals surface area contributed by atoms with Crippen LogP contribution in [0.3, 0.4) is 0 Å². The zero-order chi connectivity index (χ0) is 72.2. The minimum Gasteiger partial charge on any atom is -0.305 e. The Morgan fingerprint density at radius 1 is 0.353 bits per heavy atom. The van der Waals surface area contributed by atoms with Crippen molar-refractivity contribution < 1.29 is 82.3 Å². The number of carbonyl (C=O) groups excluding carboxylic acids is 4. The molecule has 0 N–H and O–H groups in total. The molecule has 0 amide bonds. The van der Waals surface area contributed by atoms with Gasteiger partial charge < -0.3 is 18.1 Å². The minimum atomic E-state index is -0.610. The van der Waals surface area contributed by atoms with Gasteiger partial charge in [-0.1, -0.05) is 103 Å². The summed E-state index contributed by atoms with van der Waals surface area (Å²) in [6.07, 6.45) is 15.0. The molecular weight excluding hydrogens is 1320 g/mol. The maximum Gasteiger partial charge on any atom is 0.241 e. The molecule has 0 saturated carbocycles. The molecule has 4 atom stereocenters. The largest absolute Gasteiger partial charge is 0.305 e. The van der Waals surface area contributed by atoms with Crippen molar-refractivity contribution in [3.63, 3.8) is 0 Å². The third kappa shape index (κ3) is 24.4. The molecule has 0 radical (unpaired) electrons. The van der Waals surface area contributed by atoms with E-state index >= 15 is 0 Å². The quantitative estimate of drug-likeness (QED) is 0.0314. The molecule has 7 heterocycles. The number of pyridine rings is 3. The van der Waals surface area contributed by atoms with Crippen LogP contribution >= 0.6 is 0 Å². The highest BCUT2D eigenvalue weighted by Crippen LogP contribution is 2.18. The van der Waals surface area contributed by atoms with Gasteiger partial charge in [-0.05, 0) is 107 Å². The van der Waals surface area contributed by atoms with Crippen LogP contribution in [0.5, 0.6) is 0 Å². The van der Waals surface area contributed by atoms with Crippen LogP contribution in [0.2, 0.25) is 0 Å². The lowest BCUT2D eigenvalue weighted by atomic mass is 10.1. The molecule has 0 bridgehead atoms. The van der Waals surface area contributed by atoms with Crippen molar-refractivity contribution in [3.05, 3.63) is 316 Å². The Bertz CT molecular complexity index is 4440. The van der Waals surface area contributed by atoms with Gasteiger partial charge in [-0.2, -0.15) is 0 Å². The summed E-state index contributed by atoms with van der Waals surface area (Å²) in [6, 6.07) is 48.1. The molecule has 4 unspecified atom stereocenters. The first-order valence-corrected chi connectivity index (χ1v) is 32.9. The number of hydrogen-bond acceptors (Lipinski definition) is 15. The van der Waals surface area contributed by atoms with Crippen LogP contribution in [0.1, 0.15) is 113 Å². The number of nitrogens with zero attached hydrogens (tertiary/aromatic N) is 11. The summed E-state index contributed by atoms with van der Waals surface area (Å²) in [5.41, 5.74) is 5.93. The van der Waals surface area contributed by atoms with E-state index in [1.54, 1.807) is 84.5 Å². The van der Waals surface area contributed by atoms with E-state index in [2.05, 4.69) is 36.0 Å². The van der Waals surface area contributed by atoms with Gasteiger partial charge in [0.25, 0.3) is 0 Å². The number of Topliss-reactive ketones (excluding diaryl/α,β-unsaturated/α-hetero) is 4. The molecule has 7 aromatic heterocycles. The van der Waals surface area contributed by atoms with E-state index in [0.717, 1.165) is 34.5 Å². The smallest absolute Gasteiger partial charge is 0.241 e. The molecule has 25 heteroatoms. The minimum absolute atomic E-state index is 0.0215. The second-order valence-corrected chi connectivity index (χ2v) is 24.4. The highest BCUT2D eigenvalue weighted by Gasteiger charge is 2.28. The summed E-state index contributed by atoms with van der Waals surface area (Å²) >= 11 is 0. The zero-order valence-corrected chi connectivity index (χ0v) is 56.2. The molecule has 0 aliphatic carbocycles. The van der Waals surface area contributed by atoms with E-state index in [9.17, 15) is 45.5 Å². The second-order valence-electron chi connectivity index (χ2n) is 24.4. The lowest BCUT2D eigenvalue weighted by Gasteiger charge is -2.04. The van der Waals surface area contributed by atoms with Crippen molar-refractivity contribution >= 4 is 23.1 Å². The summed E-state index contributed by atoms with van der Waals surface area (Å²) in [6.45, 7) is 5.12. The van der Waals surface area contributed by atoms with Gasteiger partial charge in [0.05, 0.1) is 25.7 Å². The third-order valence-electron chi connectivity index (χ3n) is 15.9. The second kappa shape index (κ2) is 38.1. The van der Waals surface area contributed by atoms with E-state index < -0.39 is 36.0 Å². The molecule has 0 fully saturated rings. The predicted molar refractivity (Wildman–Crippen MR) is 355 cm³/mol. The molecule has 12 aromatic rings. The van der Waals surface area contributed by atoms with Gasteiger partial charge in [0.15, 0.2) is 45.9 Å². The monoisotopic (exact) mass is 1400 g/mol. The molecule has 0 aliphatic heterocycles. The Morgan fingerprint density at radius 3 is 1.06 bits per heavy atom. The van der Waals surface area contributed by atoms with Crippen LogP contribution < -0.4 is 18.7 Å². The number of ketones is 4. The summed E-state index contributed by atoms with van der Waals surface area (Å²) < 4.78 is 107. The van der Waals surface area contributed by atoms with Crippen molar-refractivity contribution in [3.8, 4) is 0 Å². The van der Waals surface area contributed by atoms with E-state index in [1.807, 2.05) is 112 Å². The first-order chi connectivity index (χ1) is 49.4. The third-order valence-corrected chi connectivity index (χ3v) is 15.9. The first-order valence-electron chi connectivity index (χ1n) is 32.9. The number of rotatable bonds is 29. The summed E-state index contributed by atoms with van der Waals surface area (Å²) in [5.74, 6) is -0.842. The van der Waals surface area contributed by atoms with Gasteiger partial charge in [-0.25, -0.2) is 26.3 Å². The molecule has 102 heavy (non-hydrogen) atoms. The van der Waals surface area contributed by atoms with Crippen LogP contribution in [-0.4, -0.2) is 65.8 Å². The summed E-state index contributed by atoms with van der Waals surface area (Å²) in [4.78, 5) is 60.9. The standard InChI is InChI=1S/C20H20FN2O2.2C19H18F2N3O2.C19H19FN3O2/c21-14-18(11-16-7-3-1-4-8-16)23-15-20(25-22-23)13-19(24)12-17-9-5-2-6-10-17;2*1-13(8-14-5-6-15(20)9-19(14)21)24-12-18(26-23-24)11-17(25)10-16-4-2-3-7-22-16;1-14(10-15-5-7-16(20)8-6-15)23-13-19(25-22-23)12-18(24)11-17-4-2-3-9-21-17/h1-10,15,18H,11-14H2;2*2-7,9,12-13H,8,10-11H2,1H3;2-9,13-14H,10-12H2,1H3/q4*+1. The Morgan fingerprint density at radius 2 is 0.686 bits per heavy atom. The number of alkyl halides is 1. The Kier molecular flexibility index (Phi) is 27.9. The van der Waals surface area contributed by atoms with Crippen molar-refractivity contribution in [2.75, 3.05) is 6.67 Å². The Balaban J connectivity index is 0.000000158. The number of benzene rings is 5. The Labute approximate surface area is 584 Å². The molecular formula is C77H75F6N11O8+4. The van der Waals surface area contributed by atoms with Crippen LogP contribution in [0, 0.1) is 29.1 Å². The molecule has 524 valence electrons. The number of carbonyl (C=O) groups is 4. The topological polar surface area (TPSA) is 227 Å². The fourth-order valence-corrected chi connectivity index (χ4v) is 10.6. The van der Waals surface area contributed by atoms with E-state index in [1.165, 1.54) is 50.4 Å². The lowest BCUT2D eigenvalue weighted by molar-refractivity contribution is -0.785. The van der Waals surface area contributed by atoms with Gasteiger partial charge in [0, 0.05) is 120 Å². The zero-order valence-electron chi connectivity index (χ0n) is 56.2. The maximum atomic E-state index is 13.8. The van der Waals surface area contributed by atoms with E-state index in [0.29, 0.717) is 77.7 Å². The van der Waals surface area contributed by atoms with E-state index in [4.69, 9.17) is 18.1 Å². The number of halogens is 6. The molecule has 0 spiro atoms. The fourth-order valence-electron chi connectivity index (χ4n) is 10.6. The highest BCUT2D eigenvalue weighted by molar-refractivity contribution is 5.83. The summed E-state index contributed by atoms with van der Waals surface area (Å²) in [5, 5.41) is 15.7. The SMILES string of the molecule is CC(Cc1ccc(F)cc1)[n+]1cc(CC(=O)Cc2ccccn2)on1.CC(Cc1ccc(F)cc1F)[n+]1cc(CC(=O)Cc2ccccn2)on1.CC(Cc1ccc(F)cc1F)[n+]1cc(CC(=O)Cc2ccccn2)on1.O=C(Cc1ccccc1)Cc1c[n+](C(CF)Cc2ccccc2)no1. The lowest BCUT2D eigenvalue weighted by Crippen LogP contribution is -2.43. The van der Waals surface area contributed by atoms with E-state index in [-0.39, 0.29) is 92.0 Å². The number of aromatic nitrogens is 11. The predicted octanol–water partition coefficient (Wildman–Crippen LogP) is 11.3. The van der Waals surface area contributed by atoms with Crippen molar-refractivity contribution in [1.29, 1.82) is 0 Å². The van der Waals surface area contributed by atoms with Gasteiger partial charge in [0.2, 0.25) is 53.9 Å². The average Bonchev–Trinajstić information content (AvgIpc) is 1.85. The van der Waals surface area contributed by atoms with Gasteiger partial charge in [-0.3, -0.25) is 34.1 Å². The van der Waals surface area contributed by atoms with Crippen LogP contribution in [0.4, 0.5) is 26.3 Å².